The Kier molecular flexibility index (Phi) is 5.23. The van der Waals surface area contributed by atoms with Gasteiger partial charge in [0, 0.05) is 17.2 Å². The van der Waals surface area contributed by atoms with Crippen LogP contribution in [0.1, 0.15) is 53.2 Å². The van der Waals surface area contributed by atoms with E-state index in [-0.39, 0.29) is 22.3 Å². The molecule has 33 heavy (non-hydrogen) atoms. The quantitative estimate of drug-likeness (QED) is 0.426. The fourth-order valence-electron chi connectivity index (χ4n) is 4.45. The van der Waals surface area contributed by atoms with Gasteiger partial charge in [-0.25, -0.2) is 0 Å². The monoisotopic (exact) mass is 446 g/mol. The Morgan fingerprint density at radius 1 is 0.939 bits per heavy atom. The predicted molar refractivity (Wildman–Crippen MR) is 129 cm³/mol. The number of ketones is 1. The number of anilines is 1. The van der Waals surface area contributed by atoms with Crippen LogP contribution in [0.15, 0.2) is 71.8 Å². The van der Waals surface area contributed by atoms with E-state index < -0.39 is 16.6 Å². The number of nitro groups is 1. The number of nitrogens with one attached hydrogen (secondary N) is 1. The van der Waals surface area contributed by atoms with E-state index in [1.54, 1.807) is 6.07 Å². The summed E-state index contributed by atoms with van der Waals surface area (Å²) >= 11 is 0. The van der Waals surface area contributed by atoms with Gasteiger partial charge in [0.15, 0.2) is 11.9 Å². The highest BCUT2D eigenvalue weighted by atomic mass is 16.6. The van der Waals surface area contributed by atoms with Gasteiger partial charge in [-0.3, -0.25) is 14.9 Å². The average Bonchev–Trinajstić information content (AvgIpc) is 2.73. The summed E-state index contributed by atoms with van der Waals surface area (Å²) in [5.41, 5.74) is 1.36. The van der Waals surface area contributed by atoms with Crippen LogP contribution in [-0.2, 0) is 4.79 Å². The molecule has 1 atom stereocenters. The van der Waals surface area contributed by atoms with Crippen molar-refractivity contribution in [1.29, 1.82) is 0 Å². The molecule has 2 aromatic carbocycles. The number of fused-ring (bicyclic) bond motifs is 1. The molecule has 6 nitrogen and oxygen atoms in total. The van der Waals surface area contributed by atoms with E-state index in [0.29, 0.717) is 11.4 Å². The molecule has 1 aliphatic heterocycles. The highest BCUT2D eigenvalue weighted by Gasteiger charge is 2.49. The van der Waals surface area contributed by atoms with Gasteiger partial charge in [-0.05, 0) is 34.6 Å². The molecule has 0 amide bonds. The highest BCUT2D eigenvalue weighted by molar-refractivity contribution is 6.11. The minimum absolute atomic E-state index is 0.0334. The van der Waals surface area contributed by atoms with Gasteiger partial charge < -0.3 is 10.1 Å². The number of allylic oxidation sites excluding steroid dienone is 2. The third kappa shape index (κ3) is 4.06. The number of carbonyl (C=O) groups is 1. The van der Waals surface area contributed by atoms with Gasteiger partial charge in [0.1, 0.15) is 11.3 Å². The zero-order valence-corrected chi connectivity index (χ0v) is 19.9. The minimum Gasteiger partial charge on any atom is -0.480 e. The molecule has 0 saturated carbocycles. The fourth-order valence-corrected chi connectivity index (χ4v) is 4.45. The molecule has 1 spiro atoms. The molecule has 0 unspecified atom stereocenters. The number of carbonyl (C=O) groups excluding carboxylic acids is 1. The third-order valence-corrected chi connectivity index (χ3v) is 6.18. The van der Waals surface area contributed by atoms with Crippen molar-refractivity contribution in [2.45, 2.75) is 53.2 Å². The van der Waals surface area contributed by atoms with E-state index in [0.717, 1.165) is 16.7 Å². The lowest BCUT2D eigenvalue weighted by molar-refractivity contribution is -0.385. The van der Waals surface area contributed by atoms with Crippen LogP contribution in [0, 0.1) is 20.9 Å². The highest BCUT2D eigenvalue weighted by Crippen LogP contribution is 2.50. The summed E-state index contributed by atoms with van der Waals surface area (Å²) in [5.74, 6) is 0.459. The molecular formula is C27H30N2O4. The Morgan fingerprint density at radius 2 is 1.52 bits per heavy atom. The van der Waals surface area contributed by atoms with Crippen LogP contribution in [0.3, 0.4) is 0 Å². The number of ether oxygens (including phenoxy) is 1. The maximum atomic E-state index is 13.6. The molecule has 2 aromatic rings. The van der Waals surface area contributed by atoms with E-state index in [2.05, 4.69) is 5.32 Å². The topological polar surface area (TPSA) is 81.5 Å². The Labute approximate surface area is 194 Å². The number of non-ortho nitro benzene ring substituents is 1. The van der Waals surface area contributed by atoms with Crippen molar-refractivity contribution < 1.29 is 14.5 Å². The first-order chi connectivity index (χ1) is 15.3. The summed E-state index contributed by atoms with van der Waals surface area (Å²) in [6, 6.07) is 14.3. The van der Waals surface area contributed by atoms with E-state index in [1.165, 1.54) is 12.1 Å². The first kappa shape index (κ1) is 22.8. The maximum absolute atomic E-state index is 13.6. The van der Waals surface area contributed by atoms with Gasteiger partial charge in [-0.15, -0.1) is 0 Å². The SMILES string of the molecule is CC(C)(C)C1=CC2(C=C(C(C)(C)C)C1=O)Nc1ccc([N+](=O)[O-])cc1O[C@@H]2c1ccccc1. The molecule has 1 aliphatic carbocycles. The first-order valence-corrected chi connectivity index (χ1v) is 11.1. The summed E-state index contributed by atoms with van der Waals surface area (Å²) in [6.45, 7) is 12.2. The van der Waals surface area contributed by atoms with Gasteiger partial charge in [-0.2, -0.15) is 0 Å². The molecule has 0 radical (unpaired) electrons. The normalized spacial score (nSPS) is 19.7. The summed E-state index contributed by atoms with van der Waals surface area (Å²) < 4.78 is 6.49. The van der Waals surface area contributed by atoms with E-state index >= 15 is 0 Å². The minimum atomic E-state index is -0.844. The lowest BCUT2D eigenvalue weighted by Crippen LogP contribution is -2.50. The second-order valence-corrected chi connectivity index (χ2v) is 10.8. The van der Waals surface area contributed by atoms with Crippen LogP contribution < -0.4 is 10.1 Å². The second kappa shape index (κ2) is 7.58. The molecule has 1 heterocycles. The molecule has 4 rings (SSSR count). The number of Topliss-reactive ketones (excluding diaryl/α,β-unsaturated/α-hetero) is 1. The third-order valence-electron chi connectivity index (χ3n) is 6.18. The van der Waals surface area contributed by atoms with E-state index in [1.807, 2.05) is 84.0 Å². The standard InChI is InChI=1S/C27H30N2O4/c1-25(2,3)19-15-27(16-20(23(19)30)26(4,5)6)24(17-10-8-7-9-11-17)33-22-14-18(29(31)32)12-13-21(22)28-27/h7-16,24,28H,1-6H3/t24-/m1/s1. The van der Waals surface area contributed by atoms with Crippen molar-refractivity contribution in [1.82, 2.24) is 0 Å². The van der Waals surface area contributed by atoms with Crippen LogP contribution in [0.4, 0.5) is 11.4 Å². The molecule has 0 aromatic heterocycles. The van der Waals surface area contributed by atoms with Crippen molar-refractivity contribution in [3.8, 4) is 5.75 Å². The fraction of sp³-hybridized carbons (Fsp3) is 0.370. The predicted octanol–water partition coefficient (Wildman–Crippen LogP) is 6.41. The van der Waals surface area contributed by atoms with Gasteiger partial charge in [-0.1, -0.05) is 71.9 Å². The Bertz CT molecular complexity index is 1150. The second-order valence-electron chi connectivity index (χ2n) is 10.8. The van der Waals surface area contributed by atoms with Crippen LogP contribution in [-0.4, -0.2) is 16.2 Å². The summed E-state index contributed by atoms with van der Waals surface area (Å²) in [4.78, 5) is 24.5. The molecule has 0 fully saturated rings. The Hall–Kier alpha value is -3.41. The van der Waals surface area contributed by atoms with Crippen LogP contribution in [0.5, 0.6) is 5.75 Å². The zero-order valence-electron chi connectivity index (χ0n) is 19.9. The van der Waals surface area contributed by atoms with Gasteiger partial charge in [0.2, 0.25) is 0 Å². The number of benzene rings is 2. The number of hydrogen-bond donors (Lipinski definition) is 1. The number of hydrogen-bond acceptors (Lipinski definition) is 5. The van der Waals surface area contributed by atoms with Crippen LogP contribution in [0.25, 0.3) is 0 Å². The van der Waals surface area contributed by atoms with Crippen molar-refractivity contribution >= 4 is 17.2 Å². The largest absolute Gasteiger partial charge is 0.480 e. The Morgan fingerprint density at radius 3 is 2.03 bits per heavy atom. The van der Waals surface area contributed by atoms with Crippen LogP contribution >= 0.6 is 0 Å². The summed E-state index contributed by atoms with van der Waals surface area (Å²) in [5, 5.41) is 14.9. The lowest BCUT2D eigenvalue weighted by atomic mass is 9.67. The van der Waals surface area contributed by atoms with Crippen molar-refractivity contribution in [2.75, 3.05) is 5.32 Å². The summed E-state index contributed by atoms with van der Waals surface area (Å²) in [7, 11) is 0. The average molecular weight is 447 g/mol. The van der Waals surface area contributed by atoms with Gasteiger partial charge in [0.25, 0.3) is 5.69 Å². The lowest BCUT2D eigenvalue weighted by Gasteiger charge is -2.47. The zero-order chi connectivity index (χ0) is 24.2. The Balaban J connectivity index is 1.99. The van der Waals surface area contributed by atoms with Gasteiger partial charge >= 0.3 is 0 Å². The molecule has 6 heteroatoms. The van der Waals surface area contributed by atoms with E-state index in [9.17, 15) is 14.9 Å². The first-order valence-electron chi connectivity index (χ1n) is 11.1. The van der Waals surface area contributed by atoms with E-state index in [4.69, 9.17) is 4.74 Å². The smallest absolute Gasteiger partial charge is 0.273 e. The molecule has 0 bridgehead atoms. The molecular weight excluding hydrogens is 416 g/mol. The number of nitro benzene ring substituents is 1. The van der Waals surface area contributed by atoms with Gasteiger partial charge in [0.05, 0.1) is 16.7 Å². The molecule has 172 valence electrons. The molecule has 1 N–H and O–H groups in total. The van der Waals surface area contributed by atoms with Crippen molar-refractivity contribution in [2.24, 2.45) is 10.8 Å². The van der Waals surface area contributed by atoms with Crippen molar-refractivity contribution in [3.05, 3.63) is 87.5 Å². The molecule has 2 aliphatic rings. The number of nitrogens with zero attached hydrogens (tertiary/aromatic N) is 1. The maximum Gasteiger partial charge on any atom is 0.273 e. The molecule has 0 saturated heterocycles. The summed E-state index contributed by atoms with van der Waals surface area (Å²) in [6.07, 6.45) is 3.45. The van der Waals surface area contributed by atoms with Crippen molar-refractivity contribution in [3.63, 3.8) is 0 Å². The van der Waals surface area contributed by atoms with Crippen LogP contribution in [0.2, 0.25) is 0 Å². The number of rotatable bonds is 2.